The molecular weight excluding hydrogens is 150 g/mol. The molecular formula is C10H11NO. The van der Waals surface area contributed by atoms with Crippen LogP contribution in [0.1, 0.15) is 35.3 Å². The lowest BCUT2D eigenvalue weighted by atomic mass is 10.1. The SMILES string of the molecule is O=C1CCCCc2cccnc21. The van der Waals surface area contributed by atoms with E-state index in [1.807, 2.05) is 12.1 Å². The molecule has 0 radical (unpaired) electrons. The van der Waals surface area contributed by atoms with Gasteiger partial charge in [-0.3, -0.25) is 9.78 Å². The monoisotopic (exact) mass is 161 g/mol. The van der Waals surface area contributed by atoms with E-state index in [-0.39, 0.29) is 5.78 Å². The van der Waals surface area contributed by atoms with Crippen LogP contribution in [-0.2, 0) is 6.42 Å². The Balaban J connectivity index is 2.46. The van der Waals surface area contributed by atoms with Crippen molar-refractivity contribution in [3.63, 3.8) is 0 Å². The first-order valence-corrected chi connectivity index (χ1v) is 4.35. The number of pyridine rings is 1. The molecule has 0 aromatic carbocycles. The van der Waals surface area contributed by atoms with Gasteiger partial charge in [-0.25, -0.2) is 0 Å². The van der Waals surface area contributed by atoms with Gasteiger partial charge in [-0.05, 0) is 30.9 Å². The molecule has 1 aliphatic rings. The van der Waals surface area contributed by atoms with E-state index in [1.165, 1.54) is 0 Å². The van der Waals surface area contributed by atoms with E-state index in [1.54, 1.807) is 6.20 Å². The van der Waals surface area contributed by atoms with Crippen molar-refractivity contribution in [1.82, 2.24) is 4.98 Å². The van der Waals surface area contributed by atoms with Crippen molar-refractivity contribution >= 4 is 5.78 Å². The average Bonchev–Trinajstić information content (AvgIpc) is 2.29. The van der Waals surface area contributed by atoms with Gasteiger partial charge in [-0.15, -0.1) is 0 Å². The maximum Gasteiger partial charge on any atom is 0.181 e. The van der Waals surface area contributed by atoms with Gasteiger partial charge in [-0.2, -0.15) is 0 Å². The fourth-order valence-corrected chi connectivity index (χ4v) is 1.61. The summed E-state index contributed by atoms with van der Waals surface area (Å²) < 4.78 is 0. The number of carbonyl (C=O) groups is 1. The third-order valence-electron chi connectivity index (χ3n) is 2.26. The van der Waals surface area contributed by atoms with Crippen LogP contribution in [0.2, 0.25) is 0 Å². The van der Waals surface area contributed by atoms with Crippen LogP contribution in [0.25, 0.3) is 0 Å². The largest absolute Gasteiger partial charge is 0.292 e. The molecule has 1 aromatic rings. The smallest absolute Gasteiger partial charge is 0.181 e. The molecule has 1 heterocycles. The normalized spacial score (nSPS) is 16.8. The first kappa shape index (κ1) is 7.47. The van der Waals surface area contributed by atoms with E-state index in [0.717, 1.165) is 24.8 Å². The maximum atomic E-state index is 11.4. The highest BCUT2D eigenvalue weighted by Crippen LogP contribution is 2.17. The molecule has 0 fully saturated rings. The summed E-state index contributed by atoms with van der Waals surface area (Å²) in [4.78, 5) is 15.6. The average molecular weight is 161 g/mol. The second-order valence-electron chi connectivity index (χ2n) is 3.14. The molecule has 0 amide bonds. The van der Waals surface area contributed by atoms with Gasteiger partial charge >= 0.3 is 0 Å². The zero-order valence-electron chi connectivity index (χ0n) is 6.92. The highest BCUT2D eigenvalue weighted by molar-refractivity contribution is 5.95. The van der Waals surface area contributed by atoms with E-state index in [9.17, 15) is 4.79 Å². The van der Waals surface area contributed by atoms with Gasteiger partial charge in [0.05, 0.1) is 0 Å². The number of fused-ring (bicyclic) bond motifs is 1. The second-order valence-corrected chi connectivity index (χ2v) is 3.14. The maximum absolute atomic E-state index is 11.4. The van der Waals surface area contributed by atoms with Crippen molar-refractivity contribution < 1.29 is 4.79 Å². The number of nitrogens with zero attached hydrogens (tertiary/aromatic N) is 1. The highest BCUT2D eigenvalue weighted by Gasteiger charge is 2.15. The van der Waals surface area contributed by atoms with Gasteiger partial charge in [0.2, 0.25) is 0 Å². The minimum absolute atomic E-state index is 0.211. The molecule has 62 valence electrons. The topological polar surface area (TPSA) is 30.0 Å². The quantitative estimate of drug-likeness (QED) is 0.545. The Morgan fingerprint density at radius 1 is 1.25 bits per heavy atom. The summed E-state index contributed by atoms with van der Waals surface area (Å²) in [5, 5.41) is 0. The predicted molar refractivity (Wildman–Crippen MR) is 46.1 cm³/mol. The number of hydrogen-bond acceptors (Lipinski definition) is 2. The molecule has 0 saturated heterocycles. The Morgan fingerprint density at radius 3 is 3.00 bits per heavy atom. The van der Waals surface area contributed by atoms with Gasteiger partial charge in [0.25, 0.3) is 0 Å². The van der Waals surface area contributed by atoms with Crippen LogP contribution >= 0.6 is 0 Å². The van der Waals surface area contributed by atoms with Gasteiger partial charge in [0.15, 0.2) is 5.78 Å². The molecule has 1 aromatic heterocycles. The van der Waals surface area contributed by atoms with Crippen LogP contribution in [-0.4, -0.2) is 10.8 Å². The fraction of sp³-hybridized carbons (Fsp3) is 0.400. The number of Topliss-reactive ketones (excluding diaryl/α,β-unsaturated/α-hetero) is 1. The lowest BCUT2D eigenvalue weighted by Crippen LogP contribution is -2.02. The number of hydrogen-bond donors (Lipinski definition) is 0. The van der Waals surface area contributed by atoms with Gasteiger partial charge in [0, 0.05) is 12.6 Å². The third kappa shape index (κ3) is 1.24. The number of rotatable bonds is 0. The lowest BCUT2D eigenvalue weighted by molar-refractivity contribution is 0.0977. The van der Waals surface area contributed by atoms with Crippen LogP contribution in [0.4, 0.5) is 0 Å². The summed E-state index contributed by atoms with van der Waals surface area (Å²) in [6, 6.07) is 3.91. The fourth-order valence-electron chi connectivity index (χ4n) is 1.61. The molecule has 2 heteroatoms. The van der Waals surface area contributed by atoms with Gasteiger partial charge in [-0.1, -0.05) is 6.07 Å². The summed E-state index contributed by atoms with van der Waals surface area (Å²) in [6.45, 7) is 0. The Labute approximate surface area is 71.6 Å². The van der Waals surface area contributed by atoms with Gasteiger partial charge in [0.1, 0.15) is 5.69 Å². The molecule has 0 bridgehead atoms. The minimum atomic E-state index is 0.211. The summed E-state index contributed by atoms with van der Waals surface area (Å²) in [6.07, 6.45) is 5.50. The van der Waals surface area contributed by atoms with Crippen molar-refractivity contribution in [2.45, 2.75) is 25.7 Å². The molecule has 0 N–H and O–H groups in total. The minimum Gasteiger partial charge on any atom is -0.292 e. The molecule has 2 rings (SSSR count). The zero-order valence-corrected chi connectivity index (χ0v) is 6.92. The molecule has 2 nitrogen and oxygen atoms in total. The van der Waals surface area contributed by atoms with Crippen molar-refractivity contribution in [3.05, 3.63) is 29.6 Å². The van der Waals surface area contributed by atoms with Gasteiger partial charge < -0.3 is 0 Å². The standard InChI is InChI=1S/C10H11NO/c12-9-6-2-1-4-8-5-3-7-11-10(8)9/h3,5,7H,1-2,4,6H2. The Kier molecular flexibility index (Phi) is 1.90. The third-order valence-corrected chi connectivity index (χ3v) is 2.26. The number of carbonyl (C=O) groups excluding carboxylic acids is 1. The Bertz CT molecular complexity index is 306. The summed E-state index contributed by atoms with van der Waals surface area (Å²) in [5.41, 5.74) is 1.83. The highest BCUT2D eigenvalue weighted by atomic mass is 16.1. The first-order valence-electron chi connectivity index (χ1n) is 4.35. The van der Waals surface area contributed by atoms with Crippen LogP contribution in [0.15, 0.2) is 18.3 Å². The molecule has 12 heavy (non-hydrogen) atoms. The van der Waals surface area contributed by atoms with Crippen LogP contribution in [0.5, 0.6) is 0 Å². The Morgan fingerprint density at radius 2 is 2.08 bits per heavy atom. The van der Waals surface area contributed by atoms with Crippen molar-refractivity contribution in [2.24, 2.45) is 0 Å². The van der Waals surface area contributed by atoms with E-state index < -0.39 is 0 Å². The molecule has 0 unspecified atom stereocenters. The van der Waals surface area contributed by atoms with Crippen LogP contribution < -0.4 is 0 Å². The summed E-state index contributed by atoms with van der Waals surface area (Å²) >= 11 is 0. The zero-order chi connectivity index (χ0) is 8.39. The van der Waals surface area contributed by atoms with E-state index in [0.29, 0.717) is 12.1 Å². The first-order chi connectivity index (χ1) is 5.88. The van der Waals surface area contributed by atoms with Crippen molar-refractivity contribution in [3.8, 4) is 0 Å². The lowest BCUT2D eigenvalue weighted by Gasteiger charge is -2.00. The van der Waals surface area contributed by atoms with E-state index >= 15 is 0 Å². The molecule has 0 spiro atoms. The number of ketones is 1. The molecule has 0 saturated carbocycles. The molecule has 1 aliphatic carbocycles. The predicted octanol–water partition coefficient (Wildman–Crippen LogP) is 1.99. The van der Waals surface area contributed by atoms with Crippen molar-refractivity contribution in [1.29, 1.82) is 0 Å². The summed E-state index contributed by atoms with van der Waals surface area (Å²) in [7, 11) is 0. The van der Waals surface area contributed by atoms with E-state index in [2.05, 4.69) is 4.98 Å². The second kappa shape index (κ2) is 3.05. The number of aryl methyl sites for hydroxylation is 1. The van der Waals surface area contributed by atoms with E-state index in [4.69, 9.17) is 0 Å². The van der Waals surface area contributed by atoms with Crippen molar-refractivity contribution in [2.75, 3.05) is 0 Å². The molecule has 0 aliphatic heterocycles. The summed E-state index contributed by atoms with van der Waals surface area (Å²) in [5.74, 6) is 0.211. The van der Waals surface area contributed by atoms with Crippen LogP contribution in [0, 0.1) is 0 Å². The number of aromatic nitrogens is 1. The molecule has 0 atom stereocenters. The Hall–Kier alpha value is -1.18. The van der Waals surface area contributed by atoms with Crippen LogP contribution in [0.3, 0.4) is 0 Å².